The van der Waals surface area contributed by atoms with Crippen LogP contribution in [0.2, 0.25) is 0 Å². The Morgan fingerprint density at radius 2 is 1.62 bits per heavy atom. The van der Waals surface area contributed by atoms with Crippen LogP contribution in [-0.4, -0.2) is 47.9 Å². The molecule has 0 radical (unpaired) electrons. The van der Waals surface area contributed by atoms with E-state index in [1.165, 1.54) is 12.8 Å². The van der Waals surface area contributed by atoms with Gasteiger partial charge in [0.25, 0.3) is 0 Å². The summed E-state index contributed by atoms with van der Waals surface area (Å²) in [6, 6.07) is 9.55. The number of likely N-dealkylation sites (tertiary alicyclic amines) is 2. The number of rotatable bonds is 4. The first-order valence-corrected chi connectivity index (χ1v) is 10.1. The van der Waals surface area contributed by atoms with Gasteiger partial charge < -0.3 is 15.1 Å². The van der Waals surface area contributed by atoms with E-state index in [0.717, 1.165) is 64.0 Å². The number of anilines is 1. The van der Waals surface area contributed by atoms with Gasteiger partial charge in [-0.3, -0.25) is 4.79 Å². The van der Waals surface area contributed by atoms with Crippen LogP contribution in [-0.2, 0) is 4.79 Å². The molecule has 0 saturated carbocycles. The SMILES string of the molecule is O=C(CC[C@@H]1CCCN(C(=O)Nc2ccccc2)C1)N1CCCCCC1. The lowest BCUT2D eigenvalue weighted by Gasteiger charge is -2.33. The highest BCUT2D eigenvalue weighted by molar-refractivity contribution is 5.89. The van der Waals surface area contributed by atoms with Gasteiger partial charge in [-0.25, -0.2) is 4.79 Å². The monoisotopic (exact) mass is 357 g/mol. The summed E-state index contributed by atoms with van der Waals surface area (Å²) in [5.41, 5.74) is 0.830. The zero-order valence-corrected chi connectivity index (χ0v) is 15.7. The zero-order valence-electron chi connectivity index (χ0n) is 15.7. The van der Waals surface area contributed by atoms with E-state index in [-0.39, 0.29) is 6.03 Å². The number of carbonyl (C=O) groups is 2. The number of amides is 3. The molecule has 2 heterocycles. The first-order chi connectivity index (χ1) is 12.7. The minimum atomic E-state index is -0.0280. The lowest BCUT2D eigenvalue weighted by Crippen LogP contribution is -2.42. The second kappa shape index (κ2) is 9.60. The highest BCUT2D eigenvalue weighted by atomic mass is 16.2. The Kier molecular flexibility index (Phi) is 6.92. The Bertz CT molecular complexity index is 582. The lowest BCUT2D eigenvalue weighted by atomic mass is 9.93. The molecule has 2 saturated heterocycles. The third-order valence-corrected chi connectivity index (χ3v) is 5.56. The van der Waals surface area contributed by atoms with Gasteiger partial charge in [0.1, 0.15) is 0 Å². The van der Waals surface area contributed by atoms with E-state index in [1.54, 1.807) is 0 Å². The van der Waals surface area contributed by atoms with Crippen LogP contribution < -0.4 is 5.32 Å². The minimum absolute atomic E-state index is 0.0280. The van der Waals surface area contributed by atoms with E-state index in [4.69, 9.17) is 0 Å². The molecular formula is C21H31N3O2. The molecule has 0 spiro atoms. The van der Waals surface area contributed by atoms with Crippen LogP contribution in [0, 0.1) is 5.92 Å². The number of hydrogen-bond donors (Lipinski definition) is 1. The van der Waals surface area contributed by atoms with Crippen molar-refractivity contribution < 1.29 is 9.59 Å². The molecule has 0 unspecified atom stereocenters. The third-order valence-electron chi connectivity index (χ3n) is 5.56. The number of piperidine rings is 1. The standard InChI is InChI=1S/C21H31N3O2/c25-20(23-14-6-1-2-7-15-23)13-12-18-9-8-16-24(17-18)21(26)22-19-10-4-3-5-11-19/h3-5,10-11,18H,1-2,6-9,12-17H2,(H,22,26)/t18-/m0/s1. The van der Waals surface area contributed by atoms with Gasteiger partial charge >= 0.3 is 6.03 Å². The Balaban J connectivity index is 1.44. The fourth-order valence-electron chi connectivity index (χ4n) is 4.01. The van der Waals surface area contributed by atoms with Crippen LogP contribution in [0.1, 0.15) is 51.4 Å². The number of urea groups is 1. The number of nitrogens with one attached hydrogen (secondary N) is 1. The van der Waals surface area contributed by atoms with Gasteiger partial charge in [-0.2, -0.15) is 0 Å². The van der Waals surface area contributed by atoms with Crippen molar-refractivity contribution in [2.24, 2.45) is 5.92 Å². The van der Waals surface area contributed by atoms with Crippen LogP contribution in [0.5, 0.6) is 0 Å². The molecule has 0 bridgehead atoms. The fourth-order valence-corrected chi connectivity index (χ4v) is 4.01. The van der Waals surface area contributed by atoms with Crippen LogP contribution in [0.25, 0.3) is 0 Å². The quantitative estimate of drug-likeness (QED) is 0.881. The molecule has 0 aliphatic carbocycles. The van der Waals surface area contributed by atoms with E-state index in [0.29, 0.717) is 18.2 Å². The summed E-state index contributed by atoms with van der Waals surface area (Å²) in [4.78, 5) is 28.9. The summed E-state index contributed by atoms with van der Waals surface area (Å²) in [5.74, 6) is 0.735. The summed E-state index contributed by atoms with van der Waals surface area (Å²) >= 11 is 0. The largest absolute Gasteiger partial charge is 0.343 e. The molecule has 2 aliphatic rings. The van der Waals surface area contributed by atoms with Crippen LogP contribution in [0.15, 0.2) is 30.3 Å². The summed E-state index contributed by atoms with van der Waals surface area (Å²) in [5, 5.41) is 2.97. The minimum Gasteiger partial charge on any atom is -0.343 e. The fraction of sp³-hybridized carbons (Fsp3) is 0.619. The Morgan fingerprint density at radius 1 is 0.923 bits per heavy atom. The highest BCUT2D eigenvalue weighted by Gasteiger charge is 2.25. The molecule has 26 heavy (non-hydrogen) atoms. The van der Waals surface area contributed by atoms with Crippen molar-refractivity contribution in [1.29, 1.82) is 0 Å². The average Bonchev–Trinajstić information content (AvgIpc) is 2.97. The first-order valence-electron chi connectivity index (χ1n) is 10.1. The molecule has 142 valence electrons. The van der Waals surface area contributed by atoms with Crippen LogP contribution in [0.3, 0.4) is 0 Å². The van der Waals surface area contributed by atoms with Gasteiger partial charge in [-0.05, 0) is 50.2 Å². The number of hydrogen-bond acceptors (Lipinski definition) is 2. The van der Waals surface area contributed by atoms with Crippen molar-refractivity contribution in [1.82, 2.24) is 9.80 Å². The smallest absolute Gasteiger partial charge is 0.321 e. The predicted octanol–water partition coefficient (Wildman–Crippen LogP) is 4.11. The number of nitrogens with zero attached hydrogens (tertiary/aromatic N) is 2. The molecule has 1 aromatic rings. The average molecular weight is 357 g/mol. The molecule has 1 aromatic carbocycles. The maximum Gasteiger partial charge on any atom is 0.321 e. The molecule has 3 amide bonds. The number of carbonyl (C=O) groups excluding carboxylic acids is 2. The third kappa shape index (κ3) is 5.48. The maximum absolute atomic E-state index is 12.5. The lowest BCUT2D eigenvalue weighted by molar-refractivity contribution is -0.131. The number of para-hydroxylation sites is 1. The summed E-state index contributed by atoms with van der Waals surface area (Å²) in [6.07, 6.45) is 8.43. The Morgan fingerprint density at radius 3 is 2.35 bits per heavy atom. The molecule has 1 N–H and O–H groups in total. The van der Waals surface area contributed by atoms with Crippen LogP contribution in [0.4, 0.5) is 10.5 Å². The second-order valence-electron chi connectivity index (χ2n) is 7.58. The molecule has 3 rings (SSSR count). The molecule has 0 aromatic heterocycles. The summed E-state index contributed by atoms with van der Waals surface area (Å²) in [6.45, 7) is 3.41. The van der Waals surface area contributed by atoms with E-state index in [9.17, 15) is 9.59 Å². The number of benzene rings is 1. The van der Waals surface area contributed by atoms with E-state index in [2.05, 4.69) is 10.2 Å². The van der Waals surface area contributed by atoms with Crippen molar-refractivity contribution in [2.45, 2.75) is 51.4 Å². The van der Waals surface area contributed by atoms with E-state index < -0.39 is 0 Å². The van der Waals surface area contributed by atoms with Gasteiger partial charge in [0.2, 0.25) is 5.91 Å². The van der Waals surface area contributed by atoms with Gasteiger partial charge in [0.05, 0.1) is 0 Å². The van der Waals surface area contributed by atoms with Gasteiger partial charge in [0, 0.05) is 38.3 Å². The van der Waals surface area contributed by atoms with Gasteiger partial charge in [0.15, 0.2) is 0 Å². The molecule has 2 fully saturated rings. The Labute approximate surface area is 156 Å². The second-order valence-corrected chi connectivity index (χ2v) is 7.58. The summed E-state index contributed by atoms with van der Waals surface area (Å²) in [7, 11) is 0. The van der Waals surface area contributed by atoms with Crippen molar-refractivity contribution >= 4 is 17.6 Å². The van der Waals surface area contributed by atoms with Crippen molar-refractivity contribution in [2.75, 3.05) is 31.5 Å². The van der Waals surface area contributed by atoms with Crippen LogP contribution >= 0.6 is 0 Å². The Hall–Kier alpha value is -2.04. The zero-order chi connectivity index (χ0) is 18.2. The predicted molar refractivity (Wildman–Crippen MR) is 104 cm³/mol. The molecule has 5 heteroatoms. The van der Waals surface area contributed by atoms with Gasteiger partial charge in [-0.1, -0.05) is 31.0 Å². The maximum atomic E-state index is 12.5. The van der Waals surface area contributed by atoms with Crippen molar-refractivity contribution in [3.8, 4) is 0 Å². The van der Waals surface area contributed by atoms with Crippen molar-refractivity contribution in [3.63, 3.8) is 0 Å². The molecular weight excluding hydrogens is 326 g/mol. The highest BCUT2D eigenvalue weighted by Crippen LogP contribution is 2.23. The summed E-state index contributed by atoms with van der Waals surface area (Å²) < 4.78 is 0. The van der Waals surface area contributed by atoms with E-state index >= 15 is 0 Å². The van der Waals surface area contributed by atoms with Crippen molar-refractivity contribution in [3.05, 3.63) is 30.3 Å². The molecule has 5 nitrogen and oxygen atoms in total. The molecule has 2 aliphatic heterocycles. The van der Waals surface area contributed by atoms with E-state index in [1.807, 2.05) is 35.2 Å². The normalized spacial score (nSPS) is 21.2. The topological polar surface area (TPSA) is 52.7 Å². The first kappa shape index (κ1) is 18.7. The van der Waals surface area contributed by atoms with Gasteiger partial charge in [-0.15, -0.1) is 0 Å². The molecule has 1 atom stereocenters.